The molecule has 0 aliphatic carbocycles. The van der Waals surface area contributed by atoms with Crippen LogP contribution in [0.3, 0.4) is 0 Å². The van der Waals surface area contributed by atoms with E-state index in [0.717, 1.165) is 24.3 Å². The molecule has 0 unspecified atom stereocenters. The Labute approximate surface area is 185 Å². The second-order valence-electron chi connectivity index (χ2n) is 2.87. The molecule has 0 aliphatic heterocycles. The Balaban J connectivity index is -0.0000000263. The summed E-state index contributed by atoms with van der Waals surface area (Å²) in [7, 11) is 0. The van der Waals surface area contributed by atoms with E-state index in [1.54, 1.807) is 0 Å². The molecule has 0 saturated carbocycles. The summed E-state index contributed by atoms with van der Waals surface area (Å²) in [5, 5.41) is 29.5. The number of amides is 4. The Hall–Kier alpha value is -4.35. The quantitative estimate of drug-likeness (QED) is 0.0952. The second-order valence-corrected chi connectivity index (χ2v) is 2.87. The summed E-state index contributed by atoms with van der Waals surface area (Å²) in [5.74, 6) is -1.93. The van der Waals surface area contributed by atoms with E-state index in [9.17, 15) is 19.2 Å². The first-order valence-electron chi connectivity index (χ1n) is 5.85. The van der Waals surface area contributed by atoms with E-state index < -0.39 is 33.8 Å². The van der Waals surface area contributed by atoms with Crippen LogP contribution in [-0.2, 0) is 46.6 Å². The number of hydrogen-bond acceptors (Lipinski definition) is 10. The molecule has 0 bridgehead atoms. The molecule has 4 amide bonds. The molecular formula is C12H26N6NiO12+2. The van der Waals surface area contributed by atoms with Crippen LogP contribution in [0, 0.1) is 30.6 Å². The molecule has 0 saturated heterocycles. The third-order valence-electron chi connectivity index (χ3n) is 0.805. The molecule has 0 aromatic rings. The van der Waals surface area contributed by atoms with Crippen LogP contribution in [0.4, 0.5) is 0 Å². The summed E-state index contributed by atoms with van der Waals surface area (Å²) in [5.41, 5.74) is 18.1. The zero-order valence-corrected chi connectivity index (χ0v) is 16.9. The molecule has 0 atom stereocenters. The van der Waals surface area contributed by atoms with Gasteiger partial charge in [0.05, 0.1) is 10.2 Å². The molecule has 31 heavy (non-hydrogen) atoms. The summed E-state index contributed by atoms with van der Waals surface area (Å²) in [4.78, 5) is 54.4. The van der Waals surface area contributed by atoms with Crippen LogP contribution < -0.4 is 22.9 Å². The molecule has 0 fully saturated rings. The minimum absolute atomic E-state index is 0. The second kappa shape index (κ2) is 50.0. The summed E-state index contributed by atoms with van der Waals surface area (Å²) >= 11 is 0. The van der Waals surface area contributed by atoms with Crippen LogP contribution in [0.5, 0.6) is 0 Å². The molecule has 14 N–H and O–H groups in total. The molecule has 0 aromatic heterocycles. The van der Waals surface area contributed by atoms with E-state index >= 15 is 0 Å². The fourth-order valence-corrected chi connectivity index (χ4v) is 0. The smallest absolute Gasteiger partial charge is 0.457 e. The van der Waals surface area contributed by atoms with Gasteiger partial charge in [0.25, 0.3) is 0 Å². The SMILES string of the molecule is C=CC(N)=O.C=CC(N)=O.C=CC(N)=O.C=CC(N)=O.O=[N+]([O-])[O-].O=[N+]([O-])[O-].[Ni+2].[OH3+].[OH3+]. The number of primary amides is 4. The fraction of sp³-hybridized carbons (Fsp3) is 0. The van der Waals surface area contributed by atoms with E-state index in [1.807, 2.05) is 0 Å². The van der Waals surface area contributed by atoms with Gasteiger partial charge in [-0.1, -0.05) is 26.3 Å². The van der Waals surface area contributed by atoms with Gasteiger partial charge in [0.2, 0.25) is 23.6 Å². The van der Waals surface area contributed by atoms with Gasteiger partial charge in [-0.25, -0.2) is 0 Å². The Morgan fingerprint density at radius 3 is 0.581 bits per heavy atom. The van der Waals surface area contributed by atoms with Crippen molar-refractivity contribution in [2.24, 2.45) is 22.9 Å². The van der Waals surface area contributed by atoms with Crippen LogP contribution in [0.1, 0.15) is 0 Å². The molecule has 0 radical (unpaired) electrons. The molecule has 0 aliphatic rings. The summed E-state index contributed by atoms with van der Waals surface area (Å²) in [6, 6.07) is 0. The molecule has 0 rings (SSSR count). The van der Waals surface area contributed by atoms with Gasteiger partial charge >= 0.3 is 16.5 Å². The van der Waals surface area contributed by atoms with Crippen LogP contribution in [0.25, 0.3) is 0 Å². The number of carbonyl (C=O) groups excluding carboxylic acids is 4. The summed E-state index contributed by atoms with van der Waals surface area (Å²) in [6.07, 6.45) is 4.22. The zero-order valence-electron chi connectivity index (χ0n) is 15.9. The van der Waals surface area contributed by atoms with Crippen molar-refractivity contribution in [2.75, 3.05) is 0 Å². The van der Waals surface area contributed by atoms with Gasteiger partial charge < -0.3 is 64.5 Å². The first kappa shape index (κ1) is 56.3. The normalized spacial score (nSPS) is 5.68. The van der Waals surface area contributed by atoms with Crippen molar-refractivity contribution >= 4 is 23.6 Å². The largest absolute Gasteiger partial charge is 2.00 e. The van der Waals surface area contributed by atoms with Crippen molar-refractivity contribution in [3.8, 4) is 0 Å². The van der Waals surface area contributed by atoms with Gasteiger partial charge in [0.1, 0.15) is 0 Å². The third-order valence-corrected chi connectivity index (χ3v) is 0.805. The number of hydrogen-bond donors (Lipinski definition) is 4. The molecule has 184 valence electrons. The average molecular weight is 505 g/mol. The van der Waals surface area contributed by atoms with Gasteiger partial charge in [-0.05, 0) is 24.3 Å². The Kier molecular flexibility index (Phi) is 90.8. The molecule has 18 nitrogen and oxygen atoms in total. The third kappa shape index (κ3) is 1080. The Morgan fingerprint density at radius 2 is 0.581 bits per heavy atom. The first-order chi connectivity index (χ1) is 12.5. The molecule has 0 aromatic carbocycles. The molecule has 0 spiro atoms. The summed E-state index contributed by atoms with van der Waals surface area (Å²) < 4.78 is 0. The van der Waals surface area contributed by atoms with Crippen LogP contribution in [0.2, 0.25) is 0 Å². The minimum atomic E-state index is -1.75. The predicted molar refractivity (Wildman–Crippen MR) is 108 cm³/mol. The van der Waals surface area contributed by atoms with E-state index in [1.165, 1.54) is 0 Å². The van der Waals surface area contributed by atoms with E-state index in [0.29, 0.717) is 0 Å². The van der Waals surface area contributed by atoms with Crippen LogP contribution in [0.15, 0.2) is 50.6 Å². The van der Waals surface area contributed by atoms with Crippen molar-refractivity contribution in [3.05, 3.63) is 81.3 Å². The van der Waals surface area contributed by atoms with E-state index in [2.05, 4.69) is 49.3 Å². The van der Waals surface area contributed by atoms with E-state index in [4.69, 9.17) is 30.6 Å². The minimum Gasteiger partial charge on any atom is -0.457 e. The van der Waals surface area contributed by atoms with Gasteiger partial charge in [0, 0.05) is 0 Å². The first-order valence-corrected chi connectivity index (χ1v) is 5.85. The fourth-order valence-electron chi connectivity index (χ4n) is 0. The maximum atomic E-state index is 9.47. The monoisotopic (exact) mass is 504 g/mol. The van der Waals surface area contributed by atoms with Crippen molar-refractivity contribution < 1.29 is 56.8 Å². The van der Waals surface area contributed by atoms with Gasteiger partial charge in [-0.15, -0.1) is 0 Å². The van der Waals surface area contributed by atoms with Gasteiger partial charge in [-0.2, -0.15) is 0 Å². The predicted octanol–water partition coefficient (Wildman–Crippen LogP) is -3.69. The zero-order chi connectivity index (χ0) is 24.3. The van der Waals surface area contributed by atoms with E-state index in [-0.39, 0.29) is 27.4 Å². The van der Waals surface area contributed by atoms with Crippen molar-refractivity contribution in [3.63, 3.8) is 0 Å². The number of carbonyl (C=O) groups is 4. The maximum absolute atomic E-state index is 9.47. The van der Waals surface area contributed by atoms with Gasteiger partial charge in [0.15, 0.2) is 0 Å². The maximum Gasteiger partial charge on any atom is 2.00 e. The average Bonchev–Trinajstić information content (AvgIpc) is 2.55. The number of nitrogens with two attached hydrogens (primary N) is 4. The molecule has 19 heteroatoms. The van der Waals surface area contributed by atoms with Gasteiger partial charge in [-0.3, -0.25) is 19.2 Å². The van der Waals surface area contributed by atoms with Crippen molar-refractivity contribution in [2.45, 2.75) is 0 Å². The number of nitrogens with zero attached hydrogens (tertiary/aromatic N) is 2. The topological polar surface area (TPSA) is 371 Å². The number of rotatable bonds is 4. The standard InChI is InChI=1S/4C3H5NO.2NO3.Ni.2H2O/c4*1-2-3(4)5;2*2-1(3)4;;;/h4*2H,1H2,(H2,4,5);;;;2*1H2/q;;;;2*-1;+2;;/p+2. The van der Waals surface area contributed by atoms with Crippen molar-refractivity contribution in [1.29, 1.82) is 0 Å². The van der Waals surface area contributed by atoms with Crippen LogP contribution in [-0.4, -0.2) is 33.8 Å². The summed E-state index contributed by atoms with van der Waals surface area (Å²) in [6.45, 7) is 12.3. The molecule has 0 heterocycles. The van der Waals surface area contributed by atoms with Crippen molar-refractivity contribution in [1.82, 2.24) is 0 Å². The molecular weight excluding hydrogens is 479 g/mol. The Bertz CT molecular complexity index is 464. The van der Waals surface area contributed by atoms with Crippen LogP contribution >= 0.6 is 0 Å². The Morgan fingerprint density at radius 1 is 0.548 bits per heavy atom.